The zero-order valence-corrected chi connectivity index (χ0v) is 19.2. The summed E-state index contributed by atoms with van der Waals surface area (Å²) in [5.41, 5.74) is 5.71. The van der Waals surface area contributed by atoms with Crippen molar-refractivity contribution in [2.24, 2.45) is 15.7 Å². The van der Waals surface area contributed by atoms with Crippen LogP contribution in [0.2, 0.25) is 0 Å². The lowest BCUT2D eigenvalue weighted by Crippen LogP contribution is -2.31. The van der Waals surface area contributed by atoms with Crippen LogP contribution in [0.15, 0.2) is 40.4 Å². The maximum atomic E-state index is 13.3. The topological polar surface area (TPSA) is 53.2 Å². The van der Waals surface area contributed by atoms with E-state index in [2.05, 4.69) is 22.5 Å². The molecule has 4 nitrogen and oxygen atoms in total. The molecule has 2 unspecified atom stereocenters. The first kappa shape index (κ1) is 21.3. The van der Waals surface area contributed by atoms with Crippen molar-refractivity contribution < 1.29 is 8.94 Å². The Hall–Kier alpha value is -1.92. The zero-order chi connectivity index (χ0) is 21.7. The molecule has 160 valence electrons. The normalized spacial score (nSPS) is 25.0. The third-order valence-electron chi connectivity index (χ3n) is 6.53. The lowest BCUT2D eigenvalue weighted by Gasteiger charge is -2.36. The minimum atomic E-state index is -1.21. The van der Waals surface area contributed by atoms with Crippen molar-refractivity contribution in [2.75, 3.05) is 0 Å². The highest BCUT2D eigenvalue weighted by Crippen LogP contribution is 2.54. The van der Waals surface area contributed by atoms with Gasteiger partial charge in [-0.3, -0.25) is 0 Å². The van der Waals surface area contributed by atoms with Gasteiger partial charge in [0, 0.05) is 0 Å². The molecule has 1 heterocycles. The van der Waals surface area contributed by atoms with Gasteiger partial charge in [0.1, 0.15) is 21.9 Å². The predicted octanol–water partition coefficient (Wildman–Crippen LogP) is 5.68. The molecule has 0 radical (unpaired) electrons. The van der Waals surface area contributed by atoms with E-state index in [1.165, 1.54) is 23.3 Å². The molecule has 2 aromatic rings. The Kier molecular flexibility index (Phi) is 5.43. The first-order valence-electron chi connectivity index (χ1n) is 10.6. The first-order chi connectivity index (χ1) is 14.1. The molecule has 2 aliphatic carbocycles. The Labute approximate surface area is 181 Å². The van der Waals surface area contributed by atoms with Gasteiger partial charge in [0.2, 0.25) is 0 Å². The van der Waals surface area contributed by atoms with E-state index in [9.17, 15) is 8.94 Å². The predicted molar refractivity (Wildman–Crippen MR) is 122 cm³/mol. The van der Waals surface area contributed by atoms with Crippen molar-refractivity contribution in [1.82, 2.24) is 9.78 Å². The summed E-state index contributed by atoms with van der Waals surface area (Å²) in [5.74, 6) is 0.237. The lowest BCUT2D eigenvalue weighted by atomic mass is 9.68. The minimum Gasteiger partial charge on any atom is -0.591 e. The van der Waals surface area contributed by atoms with Crippen molar-refractivity contribution >= 4 is 23.1 Å². The number of hydrogen-bond acceptors (Lipinski definition) is 3. The van der Waals surface area contributed by atoms with Crippen molar-refractivity contribution in [3.63, 3.8) is 0 Å². The number of halogens is 1. The summed E-state index contributed by atoms with van der Waals surface area (Å²) in [5, 5.41) is 4.59. The van der Waals surface area contributed by atoms with Crippen molar-refractivity contribution in [1.29, 1.82) is 0 Å². The van der Waals surface area contributed by atoms with E-state index in [1.807, 2.05) is 38.6 Å². The lowest BCUT2D eigenvalue weighted by molar-refractivity contribution is 0.279. The van der Waals surface area contributed by atoms with Gasteiger partial charge in [-0.05, 0) is 101 Å². The van der Waals surface area contributed by atoms with E-state index >= 15 is 0 Å². The molecule has 6 heteroatoms. The molecule has 0 spiro atoms. The van der Waals surface area contributed by atoms with Gasteiger partial charge in [-0.25, -0.2) is 9.07 Å². The molecule has 1 aromatic carbocycles. The Morgan fingerprint density at radius 2 is 2.03 bits per heavy atom. The molecule has 0 amide bonds. The average molecular weight is 428 g/mol. The number of hydrogen-bond donors (Lipinski definition) is 0. The van der Waals surface area contributed by atoms with Crippen LogP contribution in [0.25, 0.3) is 11.8 Å². The monoisotopic (exact) mass is 427 g/mol. The molecule has 30 heavy (non-hydrogen) atoms. The molecule has 1 aromatic heterocycles. The second kappa shape index (κ2) is 7.65. The molecule has 2 aliphatic rings. The summed E-state index contributed by atoms with van der Waals surface area (Å²) in [4.78, 5) is 0. The quantitative estimate of drug-likeness (QED) is 0.465. The third kappa shape index (κ3) is 3.87. The summed E-state index contributed by atoms with van der Waals surface area (Å²) >= 11 is -1.21. The summed E-state index contributed by atoms with van der Waals surface area (Å²) in [6, 6.07) is 6.47. The first-order valence-corrected chi connectivity index (χ1v) is 11.7. The van der Waals surface area contributed by atoms with Crippen LogP contribution < -0.4 is 0 Å². The fourth-order valence-electron chi connectivity index (χ4n) is 4.72. The largest absolute Gasteiger partial charge is 0.591 e. The van der Waals surface area contributed by atoms with Gasteiger partial charge >= 0.3 is 0 Å². The second-order valence-corrected chi connectivity index (χ2v) is 11.7. The second-order valence-electron chi connectivity index (χ2n) is 9.83. The SMILES string of the molecule is C/C(C[C@H]1CCC2=Cc3c(cnn3-c3ccc(F)cc3)CC21C)=N\[S+]([O-])C(C)(C)C. The molecular weight excluding hydrogens is 397 g/mol. The van der Waals surface area contributed by atoms with Crippen molar-refractivity contribution in [3.05, 3.63) is 53.1 Å². The molecule has 4 rings (SSSR count). The van der Waals surface area contributed by atoms with Crippen molar-refractivity contribution in [2.45, 2.75) is 65.0 Å². The smallest absolute Gasteiger partial charge is 0.144 e. The van der Waals surface area contributed by atoms with Gasteiger partial charge in [0.05, 0.1) is 23.3 Å². The van der Waals surface area contributed by atoms with Gasteiger partial charge in [-0.2, -0.15) is 5.10 Å². The van der Waals surface area contributed by atoms with Crippen molar-refractivity contribution in [3.8, 4) is 5.69 Å². The fraction of sp³-hybridized carbons (Fsp3) is 0.500. The number of rotatable bonds is 4. The van der Waals surface area contributed by atoms with Gasteiger partial charge in [0.15, 0.2) is 0 Å². The fourth-order valence-corrected chi connectivity index (χ4v) is 5.35. The van der Waals surface area contributed by atoms with Gasteiger partial charge in [0.25, 0.3) is 0 Å². The molecule has 1 fully saturated rings. The van der Waals surface area contributed by atoms with Crippen LogP contribution in [0.5, 0.6) is 0 Å². The molecule has 0 saturated heterocycles. The number of nitrogens with zero attached hydrogens (tertiary/aromatic N) is 3. The van der Waals surface area contributed by atoms with Crippen LogP contribution in [-0.4, -0.2) is 24.8 Å². The number of fused-ring (bicyclic) bond motifs is 2. The summed E-state index contributed by atoms with van der Waals surface area (Å²) < 4.78 is 31.8. The Morgan fingerprint density at radius 3 is 2.70 bits per heavy atom. The van der Waals surface area contributed by atoms with Gasteiger partial charge in [-0.1, -0.05) is 16.9 Å². The van der Waals surface area contributed by atoms with Gasteiger partial charge in [-0.15, -0.1) is 0 Å². The average Bonchev–Trinajstić information content (AvgIpc) is 3.20. The Bertz CT molecular complexity index is 1000. The molecule has 0 aliphatic heterocycles. The zero-order valence-electron chi connectivity index (χ0n) is 18.4. The van der Waals surface area contributed by atoms with Crippen LogP contribution in [0.1, 0.15) is 65.1 Å². The van der Waals surface area contributed by atoms with Crippen LogP contribution in [0.3, 0.4) is 0 Å². The Morgan fingerprint density at radius 1 is 1.33 bits per heavy atom. The van der Waals surface area contributed by atoms with E-state index < -0.39 is 11.4 Å². The van der Waals surface area contributed by atoms with Crippen LogP contribution in [0.4, 0.5) is 4.39 Å². The maximum Gasteiger partial charge on any atom is 0.144 e. The van der Waals surface area contributed by atoms with E-state index in [1.54, 1.807) is 12.1 Å². The summed E-state index contributed by atoms with van der Waals surface area (Å²) in [6.07, 6.45) is 8.22. The van der Waals surface area contributed by atoms with E-state index in [-0.39, 0.29) is 16.0 Å². The van der Waals surface area contributed by atoms with Crippen LogP contribution >= 0.6 is 0 Å². The number of benzene rings is 1. The molecule has 0 bridgehead atoms. The van der Waals surface area contributed by atoms with Gasteiger partial charge < -0.3 is 4.55 Å². The van der Waals surface area contributed by atoms with E-state index in [0.29, 0.717) is 5.92 Å². The minimum absolute atomic E-state index is 0.0731. The molecular formula is C24H30FN3OS. The highest BCUT2D eigenvalue weighted by Gasteiger charge is 2.45. The maximum absolute atomic E-state index is 13.3. The number of aromatic nitrogens is 2. The molecule has 1 saturated carbocycles. The molecule has 3 atom stereocenters. The standard InChI is InChI=1S/C24H30FN3OS/c1-16(27-30(29)23(2,3)4)12-18-6-7-19-13-22-17(14-24(18,19)5)15-26-28(22)21-10-8-20(25)9-11-21/h8-11,13,15,18H,6-7,12,14H2,1-5H3/b27-16+/t18-,24?,30?/m1/s1. The molecule has 0 N–H and O–H groups in total. The Balaban J connectivity index is 1.58. The number of allylic oxidation sites excluding steroid dienone is 1. The van der Waals surface area contributed by atoms with Crippen LogP contribution in [0, 0.1) is 17.2 Å². The van der Waals surface area contributed by atoms with E-state index in [4.69, 9.17) is 0 Å². The van der Waals surface area contributed by atoms with E-state index in [0.717, 1.165) is 42.8 Å². The summed E-state index contributed by atoms with van der Waals surface area (Å²) in [6.45, 7) is 10.2. The summed E-state index contributed by atoms with van der Waals surface area (Å²) in [7, 11) is 0. The highest BCUT2D eigenvalue weighted by atomic mass is 32.2. The third-order valence-corrected chi connectivity index (χ3v) is 8.05. The highest BCUT2D eigenvalue weighted by molar-refractivity contribution is 7.91. The van der Waals surface area contributed by atoms with Crippen LogP contribution in [-0.2, 0) is 17.8 Å².